The number of rotatable bonds is 0. The number of aryl methyl sites for hydroxylation is 5. The number of ether oxygens (including phenoxy) is 3. The second-order valence-electron chi connectivity index (χ2n) is 11.3. The van der Waals surface area contributed by atoms with E-state index in [1.54, 1.807) is 0 Å². The molecular weight excluding hydrogens is 436 g/mol. The van der Waals surface area contributed by atoms with Crippen LogP contribution in [0, 0.1) is 34.6 Å². The van der Waals surface area contributed by atoms with Gasteiger partial charge in [0.15, 0.2) is 5.41 Å². The minimum atomic E-state index is -1.13. The average molecular weight is 467 g/mol. The summed E-state index contributed by atoms with van der Waals surface area (Å²) in [6.45, 7) is 14.8. The van der Waals surface area contributed by atoms with E-state index in [1.165, 1.54) is 11.1 Å². The van der Waals surface area contributed by atoms with Gasteiger partial charge in [-0.3, -0.25) is 0 Å². The molecule has 4 aliphatic rings. The molecule has 178 valence electrons. The lowest BCUT2D eigenvalue weighted by molar-refractivity contribution is -0.126. The minimum absolute atomic E-state index is 0.224. The second kappa shape index (κ2) is 6.04. The zero-order valence-electron chi connectivity index (χ0n) is 21.3. The molecule has 3 heterocycles. The second-order valence-corrected chi connectivity index (χ2v) is 11.3. The third-order valence-electron chi connectivity index (χ3n) is 8.69. The Hall–Kier alpha value is -3.40. The molecule has 0 aromatic heterocycles. The lowest BCUT2D eigenvalue weighted by Crippen LogP contribution is -2.66. The molecule has 0 saturated carbocycles. The van der Waals surface area contributed by atoms with Gasteiger partial charge in [0, 0.05) is 16.7 Å². The van der Waals surface area contributed by atoms with E-state index in [0.717, 1.165) is 50.5 Å². The first-order valence-corrected chi connectivity index (χ1v) is 12.3. The molecule has 0 amide bonds. The van der Waals surface area contributed by atoms with Crippen molar-refractivity contribution in [1.29, 1.82) is 0 Å². The van der Waals surface area contributed by atoms with Crippen molar-refractivity contribution in [2.24, 2.45) is 0 Å². The third kappa shape index (κ3) is 2.12. The Morgan fingerprint density at radius 2 is 1.37 bits per heavy atom. The fourth-order valence-electron chi connectivity index (χ4n) is 7.60. The van der Waals surface area contributed by atoms with Gasteiger partial charge in [0.05, 0.1) is 11.0 Å². The molecule has 0 saturated heterocycles. The van der Waals surface area contributed by atoms with Crippen molar-refractivity contribution < 1.29 is 19.3 Å². The predicted molar refractivity (Wildman–Crippen MR) is 135 cm³/mol. The number of phenols is 1. The average Bonchev–Trinajstić information content (AvgIpc) is 3.31. The highest BCUT2D eigenvalue weighted by molar-refractivity contribution is 5.74. The zero-order chi connectivity index (χ0) is 24.7. The van der Waals surface area contributed by atoms with Crippen LogP contribution in [-0.2, 0) is 10.8 Å². The van der Waals surface area contributed by atoms with Crippen LogP contribution in [0.25, 0.3) is 0 Å². The van der Waals surface area contributed by atoms with Crippen molar-refractivity contribution in [3.63, 3.8) is 0 Å². The topological polar surface area (TPSA) is 47.9 Å². The van der Waals surface area contributed by atoms with Gasteiger partial charge in [0.2, 0.25) is 0 Å². The molecular formula is C31H30O4. The van der Waals surface area contributed by atoms with Gasteiger partial charge in [-0.15, -0.1) is 0 Å². The Morgan fingerprint density at radius 1 is 0.743 bits per heavy atom. The number of hydrogen-bond acceptors (Lipinski definition) is 4. The summed E-state index contributed by atoms with van der Waals surface area (Å²) in [4.78, 5) is 0. The van der Waals surface area contributed by atoms with Crippen molar-refractivity contribution in [3.05, 3.63) is 92.6 Å². The summed E-state index contributed by atoms with van der Waals surface area (Å²) in [6, 6.07) is 12.6. The smallest absolute Gasteiger partial charge is 0.291 e. The van der Waals surface area contributed by atoms with E-state index in [1.807, 2.05) is 19.1 Å². The first-order chi connectivity index (χ1) is 16.5. The molecule has 1 aliphatic carbocycles. The molecule has 0 unspecified atom stereocenters. The monoisotopic (exact) mass is 466 g/mol. The molecule has 3 aliphatic heterocycles. The lowest BCUT2D eigenvalue weighted by Gasteiger charge is -2.49. The number of fused-ring (bicyclic) bond motifs is 5. The van der Waals surface area contributed by atoms with Crippen LogP contribution in [0.1, 0.15) is 58.4 Å². The maximum atomic E-state index is 11.5. The van der Waals surface area contributed by atoms with Crippen molar-refractivity contribution in [2.75, 3.05) is 0 Å². The zero-order valence-corrected chi connectivity index (χ0v) is 21.3. The fraction of sp³-hybridized carbons (Fsp3) is 0.355. The van der Waals surface area contributed by atoms with Crippen molar-refractivity contribution >= 4 is 0 Å². The first kappa shape index (κ1) is 20.9. The van der Waals surface area contributed by atoms with Gasteiger partial charge in [-0.25, -0.2) is 0 Å². The lowest BCUT2D eigenvalue weighted by atomic mass is 9.54. The summed E-state index contributed by atoms with van der Waals surface area (Å²) in [5.74, 6) is 1.51. The van der Waals surface area contributed by atoms with Gasteiger partial charge in [0.1, 0.15) is 29.1 Å². The quantitative estimate of drug-likeness (QED) is 0.391. The number of phenolic OH excluding ortho intramolecular Hbond substituents is 1. The van der Waals surface area contributed by atoms with Crippen molar-refractivity contribution in [1.82, 2.24) is 0 Å². The standard InChI is InChI=1S/C31H30O4/c1-15-8-18(4)26-21(10-15)29(7)14-20(6)31-30(28(29)33-26,22-11-16(2)9-19(5)27(22)35-31)25-23(32)12-17(3)13-24(25)34-31/h8-14,28,32H,1-7H3/t28-,29+,30-,31-/m1/s1. The van der Waals surface area contributed by atoms with Crippen LogP contribution in [0.5, 0.6) is 23.0 Å². The van der Waals surface area contributed by atoms with E-state index in [0.29, 0.717) is 5.75 Å². The minimum Gasteiger partial charge on any atom is -0.507 e. The summed E-state index contributed by atoms with van der Waals surface area (Å²) < 4.78 is 20.8. The van der Waals surface area contributed by atoms with Crippen molar-refractivity contribution in [2.45, 2.75) is 71.2 Å². The molecule has 1 N–H and O–H groups in total. The molecule has 0 bridgehead atoms. The highest BCUT2D eigenvalue weighted by Gasteiger charge is 2.80. The van der Waals surface area contributed by atoms with Crippen LogP contribution < -0.4 is 14.2 Å². The SMILES string of the molecule is CC1=C[C@@]2(C)c3cc(C)cc(C)c3O[C@H]2[C@]23c4cc(C)cc(C)c4O[C@]12Oc1cc(C)cc(O)c13. The van der Waals surface area contributed by atoms with Gasteiger partial charge in [-0.1, -0.05) is 41.5 Å². The van der Waals surface area contributed by atoms with Crippen LogP contribution >= 0.6 is 0 Å². The third-order valence-corrected chi connectivity index (χ3v) is 8.69. The Morgan fingerprint density at radius 3 is 2.09 bits per heavy atom. The number of hydrogen-bond donors (Lipinski definition) is 1. The molecule has 3 aromatic rings. The van der Waals surface area contributed by atoms with E-state index in [4.69, 9.17) is 14.2 Å². The molecule has 4 heteroatoms. The summed E-state index contributed by atoms with van der Waals surface area (Å²) in [5, 5.41) is 11.5. The van der Waals surface area contributed by atoms with E-state index in [2.05, 4.69) is 71.9 Å². The summed E-state index contributed by atoms with van der Waals surface area (Å²) in [6.07, 6.45) is 1.91. The normalized spacial score (nSPS) is 30.6. The van der Waals surface area contributed by atoms with E-state index < -0.39 is 16.6 Å². The van der Waals surface area contributed by atoms with Gasteiger partial charge < -0.3 is 19.3 Å². The molecule has 4 nitrogen and oxygen atoms in total. The Bertz CT molecular complexity index is 1530. The van der Waals surface area contributed by atoms with E-state index in [9.17, 15) is 5.11 Å². The summed E-state index contributed by atoms with van der Waals surface area (Å²) >= 11 is 0. The van der Waals surface area contributed by atoms with Gasteiger partial charge in [0.25, 0.3) is 5.79 Å². The van der Waals surface area contributed by atoms with Gasteiger partial charge >= 0.3 is 0 Å². The highest BCUT2D eigenvalue weighted by Crippen LogP contribution is 2.72. The highest BCUT2D eigenvalue weighted by atomic mass is 16.7. The fourth-order valence-corrected chi connectivity index (χ4v) is 7.60. The Kier molecular flexibility index (Phi) is 3.61. The Balaban J connectivity index is 1.67. The van der Waals surface area contributed by atoms with Gasteiger partial charge in [-0.05, 0) is 77.3 Å². The van der Waals surface area contributed by atoms with Crippen LogP contribution in [0.2, 0.25) is 0 Å². The molecule has 3 aromatic carbocycles. The Labute approximate surface area is 206 Å². The molecule has 0 spiro atoms. The van der Waals surface area contributed by atoms with Crippen LogP contribution in [0.4, 0.5) is 0 Å². The molecule has 7 rings (SSSR count). The molecule has 0 radical (unpaired) electrons. The van der Waals surface area contributed by atoms with Crippen LogP contribution in [0.15, 0.2) is 48.0 Å². The molecule has 4 atom stereocenters. The number of aromatic hydroxyl groups is 1. The largest absolute Gasteiger partial charge is 0.507 e. The van der Waals surface area contributed by atoms with Gasteiger partial charge in [-0.2, -0.15) is 0 Å². The van der Waals surface area contributed by atoms with E-state index in [-0.39, 0.29) is 11.9 Å². The molecule has 0 fully saturated rings. The summed E-state index contributed by atoms with van der Waals surface area (Å²) in [5.41, 5.74) is 8.13. The molecule has 35 heavy (non-hydrogen) atoms. The predicted octanol–water partition coefficient (Wildman–Crippen LogP) is 6.38. The maximum Gasteiger partial charge on any atom is 0.291 e. The van der Waals surface area contributed by atoms with Crippen LogP contribution in [0.3, 0.4) is 0 Å². The summed E-state index contributed by atoms with van der Waals surface area (Å²) in [7, 11) is 0. The van der Waals surface area contributed by atoms with Crippen LogP contribution in [-0.4, -0.2) is 17.0 Å². The first-order valence-electron chi connectivity index (χ1n) is 12.3. The number of benzene rings is 3. The van der Waals surface area contributed by atoms with E-state index >= 15 is 0 Å². The van der Waals surface area contributed by atoms with Crippen molar-refractivity contribution in [3.8, 4) is 23.0 Å². The maximum absolute atomic E-state index is 11.5.